The second kappa shape index (κ2) is 5.58. The van der Waals surface area contributed by atoms with Gasteiger partial charge in [0.25, 0.3) is 0 Å². The fourth-order valence-corrected chi connectivity index (χ4v) is 1.83. The Labute approximate surface area is 109 Å². The number of nitrogens with zero attached hydrogens (tertiary/aromatic N) is 1. The van der Waals surface area contributed by atoms with Crippen LogP contribution in [0.25, 0.3) is 0 Å². The minimum atomic E-state index is 0.0493. The van der Waals surface area contributed by atoms with Gasteiger partial charge in [-0.05, 0) is 16.5 Å². The van der Waals surface area contributed by atoms with E-state index in [9.17, 15) is 4.79 Å². The molecular formula is C14H21NOS. The first-order valence-corrected chi connectivity index (χ1v) is 6.42. The normalized spacial score (nSPS) is 11.4. The van der Waals surface area contributed by atoms with Crippen LogP contribution < -0.4 is 0 Å². The van der Waals surface area contributed by atoms with Gasteiger partial charge in [-0.25, -0.2) is 0 Å². The third kappa shape index (κ3) is 4.08. The van der Waals surface area contributed by atoms with E-state index in [2.05, 4.69) is 57.7 Å². The maximum Gasteiger partial charge on any atom is 0.232 e. The van der Waals surface area contributed by atoms with Crippen LogP contribution in [0.1, 0.15) is 31.9 Å². The van der Waals surface area contributed by atoms with Gasteiger partial charge in [0.1, 0.15) is 0 Å². The molecule has 0 aliphatic heterocycles. The molecule has 0 aliphatic carbocycles. The van der Waals surface area contributed by atoms with Crippen LogP contribution in [0.5, 0.6) is 0 Å². The summed E-state index contributed by atoms with van der Waals surface area (Å²) in [7, 11) is 1.80. The van der Waals surface area contributed by atoms with Crippen molar-refractivity contribution in [2.45, 2.75) is 32.7 Å². The Morgan fingerprint density at radius 2 is 1.76 bits per heavy atom. The van der Waals surface area contributed by atoms with Crippen LogP contribution in [0, 0.1) is 0 Å². The SMILES string of the molecule is CN(Cc1ccc(C(C)(C)C)cc1)C(=O)CS. The molecule has 1 rings (SSSR count). The van der Waals surface area contributed by atoms with Gasteiger partial charge in [-0.2, -0.15) is 12.6 Å². The van der Waals surface area contributed by atoms with Crippen molar-refractivity contribution in [2.75, 3.05) is 12.8 Å². The molecule has 0 spiro atoms. The minimum Gasteiger partial charge on any atom is -0.341 e. The Balaban J connectivity index is 2.72. The molecule has 0 aromatic heterocycles. The fourth-order valence-electron chi connectivity index (χ4n) is 1.59. The molecule has 0 fully saturated rings. The predicted molar refractivity (Wildman–Crippen MR) is 75.5 cm³/mol. The summed E-state index contributed by atoms with van der Waals surface area (Å²) in [6.07, 6.45) is 0. The van der Waals surface area contributed by atoms with E-state index in [1.807, 2.05) is 0 Å². The number of carbonyl (C=O) groups excluding carboxylic acids is 1. The summed E-state index contributed by atoms with van der Waals surface area (Å²) in [6, 6.07) is 8.44. The van der Waals surface area contributed by atoms with Crippen molar-refractivity contribution in [1.29, 1.82) is 0 Å². The van der Waals surface area contributed by atoms with Gasteiger partial charge in [0, 0.05) is 13.6 Å². The third-order valence-corrected chi connectivity index (χ3v) is 3.07. The Morgan fingerprint density at radius 3 is 2.18 bits per heavy atom. The number of hydrogen-bond donors (Lipinski definition) is 1. The first kappa shape index (κ1) is 14.1. The van der Waals surface area contributed by atoms with E-state index < -0.39 is 0 Å². The second-order valence-electron chi connectivity index (χ2n) is 5.35. The van der Waals surface area contributed by atoms with Crippen molar-refractivity contribution in [3.8, 4) is 0 Å². The Bertz CT molecular complexity index is 378. The van der Waals surface area contributed by atoms with Crippen molar-refractivity contribution in [3.63, 3.8) is 0 Å². The number of hydrogen-bond acceptors (Lipinski definition) is 2. The monoisotopic (exact) mass is 251 g/mol. The van der Waals surface area contributed by atoms with Crippen molar-refractivity contribution in [3.05, 3.63) is 35.4 Å². The number of thiol groups is 1. The minimum absolute atomic E-state index is 0.0493. The molecular weight excluding hydrogens is 230 g/mol. The lowest BCUT2D eigenvalue weighted by atomic mass is 9.87. The standard InChI is InChI=1S/C14H21NOS/c1-14(2,3)12-7-5-11(6-8-12)9-15(4)13(16)10-17/h5-8,17H,9-10H2,1-4H3. The number of rotatable bonds is 3. The molecule has 3 heteroatoms. The lowest BCUT2D eigenvalue weighted by Crippen LogP contribution is -2.27. The van der Waals surface area contributed by atoms with Crippen molar-refractivity contribution in [1.82, 2.24) is 4.90 Å². The molecule has 17 heavy (non-hydrogen) atoms. The highest BCUT2D eigenvalue weighted by atomic mass is 32.1. The van der Waals surface area contributed by atoms with Crippen LogP contribution in [0.3, 0.4) is 0 Å². The summed E-state index contributed by atoms with van der Waals surface area (Å²) >= 11 is 3.98. The molecule has 0 saturated carbocycles. The lowest BCUT2D eigenvalue weighted by molar-refractivity contribution is -0.127. The van der Waals surface area contributed by atoms with Crippen LogP contribution in [0.15, 0.2) is 24.3 Å². The molecule has 0 bridgehead atoms. The maximum absolute atomic E-state index is 11.4. The van der Waals surface area contributed by atoms with Crippen LogP contribution in [-0.4, -0.2) is 23.6 Å². The zero-order valence-corrected chi connectivity index (χ0v) is 11.9. The van der Waals surface area contributed by atoms with E-state index in [1.54, 1.807) is 11.9 Å². The van der Waals surface area contributed by atoms with E-state index in [0.29, 0.717) is 6.54 Å². The van der Waals surface area contributed by atoms with Crippen LogP contribution in [0.2, 0.25) is 0 Å². The smallest absolute Gasteiger partial charge is 0.232 e. The van der Waals surface area contributed by atoms with E-state index in [1.165, 1.54) is 5.56 Å². The summed E-state index contributed by atoms with van der Waals surface area (Å²) < 4.78 is 0. The van der Waals surface area contributed by atoms with Crippen LogP contribution >= 0.6 is 12.6 Å². The van der Waals surface area contributed by atoms with Crippen molar-refractivity contribution in [2.24, 2.45) is 0 Å². The number of carbonyl (C=O) groups is 1. The van der Waals surface area contributed by atoms with Gasteiger partial charge in [0.2, 0.25) is 5.91 Å². The van der Waals surface area contributed by atoms with E-state index >= 15 is 0 Å². The first-order valence-electron chi connectivity index (χ1n) is 5.79. The van der Waals surface area contributed by atoms with Crippen molar-refractivity contribution >= 4 is 18.5 Å². The summed E-state index contributed by atoms with van der Waals surface area (Å²) in [4.78, 5) is 13.1. The molecule has 94 valence electrons. The molecule has 0 radical (unpaired) electrons. The van der Waals surface area contributed by atoms with Gasteiger partial charge in [-0.1, -0.05) is 45.0 Å². The molecule has 0 aliphatic rings. The Kier molecular flexibility index (Phi) is 4.63. The number of benzene rings is 1. The van der Waals surface area contributed by atoms with E-state index in [0.717, 1.165) is 5.56 Å². The molecule has 0 saturated heterocycles. The maximum atomic E-state index is 11.4. The van der Waals surface area contributed by atoms with E-state index in [-0.39, 0.29) is 17.1 Å². The average Bonchev–Trinajstić information content (AvgIpc) is 2.27. The van der Waals surface area contributed by atoms with Gasteiger partial charge in [-0.3, -0.25) is 4.79 Å². The Hall–Kier alpha value is -0.960. The summed E-state index contributed by atoms with van der Waals surface area (Å²) in [5.74, 6) is 0.310. The van der Waals surface area contributed by atoms with Crippen molar-refractivity contribution < 1.29 is 4.79 Å². The van der Waals surface area contributed by atoms with Gasteiger partial charge in [-0.15, -0.1) is 0 Å². The van der Waals surface area contributed by atoms with Crippen LogP contribution in [-0.2, 0) is 16.8 Å². The van der Waals surface area contributed by atoms with Gasteiger partial charge in [0.05, 0.1) is 5.75 Å². The second-order valence-corrected chi connectivity index (χ2v) is 5.67. The van der Waals surface area contributed by atoms with Gasteiger partial charge in [0.15, 0.2) is 0 Å². The third-order valence-electron chi connectivity index (χ3n) is 2.80. The topological polar surface area (TPSA) is 20.3 Å². The molecule has 2 nitrogen and oxygen atoms in total. The molecule has 0 heterocycles. The van der Waals surface area contributed by atoms with Gasteiger partial charge < -0.3 is 4.90 Å². The predicted octanol–water partition coefficient (Wildman–Crippen LogP) is 2.87. The highest BCUT2D eigenvalue weighted by Gasteiger charge is 2.13. The summed E-state index contributed by atoms with van der Waals surface area (Å²) in [5.41, 5.74) is 2.63. The summed E-state index contributed by atoms with van der Waals surface area (Å²) in [6.45, 7) is 7.22. The zero-order valence-electron chi connectivity index (χ0n) is 11.0. The fraction of sp³-hybridized carbons (Fsp3) is 0.500. The summed E-state index contributed by atoms with van der Waals surface area (Å²) in [5, 5.41) is 0. The highest BCUT2D eigenvalue weighted by molar-refractivity contribution is 7.81. The molecule has 0 atom stereocenters. The average molecular weight is 251 g/mol. The largest absolute Gasteiger partial charge is 0.341 e. The first-order chi connectivity index (χ1) is 7.84. The highest BCUT2D eigenvalue weighted by Crippen LogP contribution is 2.22. The molecule has 1 aromatic carbocycles. The van der Waals surface area contributed by atoms with E-state index in [4.69, 9.17) is 0 Å². The quantitative estimate of drug-likeness (QED) is 0.819. The Morgan fingerprint density at radius 1 is 1.24 bits per heavy atom. The van der Waals surface area contributed by atoms with Gasteiger partial charge >= 0.3 is 0 Å². The van der Waals surface area contributed by atoms with Crippen LogP contribution in [0.4, 0.5) is 0 Å². The molecule has 0 N–H and O–H groups in total. The molecule has 1 aromatic rings. The molecule has 1 amide bonds. The zero-order chi connectivity index (χ0) is 13.1. The molecule has 0 unspecified atom stereocenters. The lowest BCUT2D eigenvalue weighted by Gasteiger charge is -2.20. The number of amides is 1.